The van der Waals surface area contributed by atoms with E-state index >= 15 is 0 Å². The van der Waals surface area contributed by atoms with Crippen LogP contribution in [0.25, 0.3) is 0 Å². The molecule has 0 saturated heterocycles. The number of hydrogen-bond acceptors (Lipinski definition) is 2. The molecule has 2 nitrogen and oxygen atoms in total. The zero-order valence-corrected chi connectivity index (χ0v) is 10.7. The van der Waals surface area contributed by atoms with Crippen molar-refractivity contribution in [3.8, 4) is 5.75 Å². The first-order chi connectivity index (χ1) is 6.53. The fourth-order valence-electron chi connectivity index (χ4n) is 0.894. The van der Waals surface area contributed by atoms with Crippen molar-refractivity contribution in [3.05, 3.63) is 27.8 Å². The topological polar surface area (TPSA) is 35.2 Å². The molecule has 1 rings (SSSR count). The molecule has 14 heavy (non-hydrogen) atoms. The van der Waals surface area contributed by atoms with Crippen LogP contribution in [0.4, 0.5) is 0 Å². The summed E-state index contributed by atoms with van der Waals surface area (Å²) in [7, 11) is 0. The van der Waals surface area contributed by atoms with Gasteiger partial charge in [0.15, 0.2) is 0 Å². The highest BCUT2D eigenvalue weighted by molar-refractivity contribution is 14.1. The van der Waals surface area contributed by atoms with Crippen LogP contribution in [0.15, 0.2) is 24.3 Å². The quantitative estimate of drug-likeness (QED) is 0.868. The zero-order chi connectivity index (χ0) is 10.6. The minimum absolute atomic E-state index is 0.0429. The van der Waals surface area contributed by atoms with Gasteiger partial charge in [0.2, 0.25) is 0 Å². The molecule has 0 saturated carbocycles. The van der Waals surface area contributed by atoms with E-state index < -0.39 is 0 Å². The molecule has 78 valence electrons. The van der Waals surface area contributed by atoms with E-state index in [9.17, 15) is 0 Å². The Morgan fingerprint density at radius 3 is 2.71 bits per heavy atom. The maximum absolute atomic E-state index is 5.66. The second kappa shape index (κ2) is 4.98. The number of nitrogens with two attached hydrogens (primary N) is 1. The highest BCUT2D eigenvalue weighted by Gasteiger charge is 2.16. The van der Waals surface area contributed by atoms with Gasteiger partial charge in [0.05, 0.1) is 6.61 Å². The summed E-state index contributed by atoms with van der Waals surface area (Å²) >= 11 is 2.27. The molecule has 0 aliphatic heterocycles. The molecule has 1 aromatic rings. The molecule has 0 atom stereocenters. The van der Waals surface area contributed by atoms with Gasteiger partial charge < -0.3 is 10.5 Å². The average molecular weight is 305 g/mol. The normalized spacial score (nSPS) is 11.4. The third-order valence-corrected chi connectivity index (χ3v) is 2.65. The van der Waals surface area contributed by atoms with Crippen LogP contribution in [-0.2, 0) is 0 Å². The summed E-state index contributed by atoms with van der Waals surface area (Å²) in [5, 5.41) is 0. The summed E-state index contributed by atoms with van der Waals surface area (Å²) in [4.78, 5) is 0. The molecule has 0 fully saturated rings. The standard InChI is InChI=1S/C11H16INO/c1-11(2,7-13)8-14-10-5-3-4-9(12)6-10/h3-6H,7-8,13H2,1-2H3. The number of halogens is 1. The van der Waals surface area contributed by atoms with Gasteiger partial charge in [-0.15, -0.1) is 0 Å². The van der Waals surface area contributed by atoms with E-state index in [0.717, 1.165) is 5.75 Å². The van der Waals surface area contributed by atoms with E-state index in [2.05, 4.69) is 36.4 Å². The summed E-state index contributed by atoms with van der Waals surface area (Å²) in [6.45, 7) is 5.49. The van der Waals surface area contributed by atoms with Gasteiger partial charge in [-0.05, 0) is 40.8 Å². The van der Waals surface area contributed by atoms with Crippen molar-refractivity contribution < 1.29 is 4.74 Å². The van der Waals surface area contributed by atoms with Crippen molar-refractivity contribution in [2.45, 2.75) is 13.8 Å². The molecule has 0 radical (unpaired) electrons. The molecular weight excluding hydrogens is 289 g/mol. The maximum atomic E-state index is 5.66. The van der Waals surface area contributed by atoms with Gasteiger partial charge in [0.1, 0.15) is 5.75 Å². The number of rotatable bonds is 4. The van der Waals surface area contributed by atoms with Gasteiger partial charge in [0, 0.05) is 15.5 Å². The first-order valence-corrected chi connectivity index (χ1v) is 5.70. The lowest BCUT2D eigenvalue weighted by Crippen LogP contribution is -2.30. The van der Waals surface area contributed by atoms with Crippen molar-refractivity contribution in [2.75, 3.05) is 13.2 Å². The molecule has 0 aliphatic carbocycles. The van der Waals surface area contributed by atoms with Gasteiger partial charge in [-0.3, -0.25) is 0 Å². The molecule has 0 amide bonds. The SMILES string of the molecule is CC(C)(CN)COc1cccc(I)c1. The van der Waals surface area contributed by atoms with Crippen molar-refractivity contribution in [1.82, 2.24) is 0 Å². The molecule has 3 heteroatoms. The Labute approximate surface area is 99.0 Å². The Morgan fingerprint density at radius 2 is 2.14 bits per heavy atom. The third kappa shape index (κ3) is 3.84. The van der Waals surface area contributed by atoms with Crippen LogP contribution in [0, 0.1) is 8.99 Å². The molecular formula is C11H16INO. The average Bonchev–Trinajstić information content (AvgIpc) is 2.15. The fourth-order valence-corrected chi connectivity index (χ4v) is 1.41. The molecule has 0 aromatic heterocycles. The van der Waals surface area contributed by atoms with Gasteiger partial charge in [-0.1, -0.05) is 19.9 Å². The van der Waals surface area contributed by atoms with Gasteiger partial charge in [-0.25, -0.2) is 0 Å². The Kier molecular flexibility index (Phi) is 4.19. The Morgan fingerprint density at radius 1 is 1.43 bits per heavy atom. The zero-order valence-electron chi connectivity index (χ0n) is 8.59. The van der Waals surface area contributed by atoms with Crippen LogP contribution in [0.5, 0.6) is 5.75 Å². The van der Waals surface area contributed by atoms with Crippen molar-refractivity contribution in [3.63, 3.8) is 0 Å². The molecule has 0 spiro atoms. The van der Waals surface area contributed by atoms with Crippen LogP contribution in [0.3, 0.4) is 0 Å². The lowest BCUT2D eigenvalue weighted by Gasteiger charge is -2.22. The molecule has 0 bridgehead atoms. The third-order valence-electron chi connectivity index (χ3n) is 1.98. The Bertz CT molecular complexity index is 299. The minimum Gasteiger partial charge on any atom is -0.493 e. The summed E-state index contributed by atoms with van der Waals surface area (Å²) in [6, 6.07) is 8.02. The predicted octanol–water partition coefficient (Wildman–Crippen LogP) is 2.65. The van der Waals surface area contributed by atoms with E-state index in [4.69, 9.17) is 10.5 Å². The van der Waals surface area contributed by atoms with E-state index in [1.807, 2.05) is 24.3 Å². The highest BCUT2D eigenvalue weighted by atomic mass is 127. The van der Waals surface area contributed by atoms with Crippen molar-refractivity contribution >= 4 is 22.6 Å². The van der Waals surface area contributed by atoms with Crippen molar-refractivity contribution in [2.24, 2.45) is 11.1 Å². The van der Waals surface area contributed by atoms with Gasteiger partial charge >= 0.3 is 0 Å². The van der Waals surface area contributed by atoms with E-state index in [1.54, 1.807) is 0 Å². The highest BCUT2D eigenvalue weighted by Crippen LogP contribution is 2.19. The number of benzene rings is 1. The van der Waals surface area contributed by atoms with Crippen LogP contribution >= 0.6 is 22.6 Å². The van der Waals surface area contributed by atoms with E-state index in [1.165, 1.54) is 3.57 Å². The summed E-state index contributed by atoms with van der Waals surface area (Å²) in [5.41, 5.74) is 5.66. The molecule has 0 aliphatic rings. The van der Waals surface area contributed by atoms with Crippen LogP contribution in [-0.4, -0.2) is 13.2 Å². The number of hydrogen-bond donors (Lipinski definition) is 1. The minimum atomic E-state index is 0.0429. The van der Waals surface area contributed by atoms with Crippen molar-refractivity contribution in [1.29, 1.82) is 0 Å². The summed E-state index contributed by atoms with van der Waals surface area (Å²) in [5.74, 6) is 0.915. The molecule has 0 unspecified atom stereocenters. The smallest absolute Gasteiger partial charge is 0.120 e. The molecule has 0 heterocycles. The number of ether oxygens (including phenoxy) is 1. The largest absolute Gasteiger partial charge is 0.493 e. The monoisotopic (exact) mass is 305 g/mol. The Balaban J connectivity index is 2.54. The second-order valence-electron chi connectivity index (χ2n) is 4.11. The summed E-state index contributed by atoms with van der Waals surface area (Å²) in [6.07, 6.45) is 0. The predicted molar refractivity (Wildman–Crippen MR) is 67.5 cm³/mol. The van der Waals surface area contributed by atoms with Crippen LogP contribution in [0.1, 0.15) is 13.8 Å². The van der Waals surface area contributed by atoms with Gasteiger partial charge in [0.25, 0.3) is 0 Å². The van der Waals surface area contributed by atoms with Gasteiger partial charge in [-0.2, -0.15) is 0 Å². The maximum Gasteiger partial charge on any atom is 0.120 e. The lowest BCUT2D eigenvalue weighted by atomic mass is 9.95. The van der Waals surface area contributed by atoms with E-state index in [-0.39, 0.29) is 5.41 Å². The lowest BCUT2D eigenvalue weighted by molar-refractivity contribution is 0.187. The second-order valence-corrected chi connectivity index (χ2v) is 5.36. The van der Waals surface area contributed by atoms with Crippen LogP contribution < -0.4 is 10.5 Å². The summed E-state index contributed by atoms with van der Waals surface area (Å²) < 4.78 is 6.84. The van der Waals surface area contributed by atoms with E-state index in [0.29, 0.717) is 13.2 Å². The Hall–Kier alpha value is -0.290. The molecule has 1 aromatic carbocycles. The van der Waals surface area contributed by atoms with Crippen LogP contribution in [0.2, 0.25) is 0 Å². The first kappa shape index (κ1) is 11.8. The fraction of sp³-hybridized carbons (Fsp3) is 0.455. The first-order valence-electron chi connectivity index (χ1n) is 4.62. The molecule has 2 N–H and O–H groups in total.